The van der Waals surface area contributed by atoms with Gasteiger partial charge in [0.05, 0.1) is 6.61 Å². The van der Waals surface area contributed by atoms with Gasteiger partial charge in [0, 0.05) is 17.7 Å². The second-order valence-corrected chi connectivity index (χ2v) is 9.02. The van der Waals surface area contributed by atoms with E-state index >= 15 is 0 Å². The Morgan fingerprint density at radius 2 is 1.89 bits per heavy atom. The lowest BCUT2D eigenvalue weighted by molar-refractivity contribution is -0.122. The molecule has 2 aromatic carbocycles. The van der Waals surface area contributed by atoms with Gasteiger partial charge in [-0.05, 0) is 37.3 Å². The number of aliphatic imine (C=N–C) groups is 1. The molecule has 37 heavy (non-hydrogen) atoms. The van der Waals surface area contributed by atoms with E-state index in [1.807, 2.05) is 0 Å². The van der Waals surface area contributed by atoms with Crippen LogP contribution >= 0.6 is 11.8 Å². The van der Waals surface area contributed by atoms with E-state index < -0.39 is 46.1 Å². The van der Waals surface area contributed by atoms with Crippen molar-refractivity contribution in [3.8, 4) is 11.6 Å². The zero-order valence-corrected chi connectivity index (χ0v) is 20.2. The van der Waals surface area contributed by atoms with Crippen molar-refractivity contribution in [2.45, 2.75) is 24.6 Å². The molecule has 2 amide bonds. The quantitative estimate of drug-likeness (QED) is 0.299. The van der Waals surface area contributed by atoms with Gasteiger partial charge in [0.25, 0.3) is 5.56 Å². The van der Waals surface area contributed by atoms with Crippen LogP contribution in [0.25, 0.3) is 0 Å². The number of benzene rings is 2. The standard InChI is InChI=1S/C24H22FN5O6S/c1-2-36-15-6-4-3-5-14(15)19(18-21(33)28-23(35)29-22(18)34)27-24-30-20(32)16(37-24)11-17(31)26-13-9-7-12(25)8-10-13/h3-10,16,19H,2,11H2,1H3,(H,26,31)(H,27,30,32)(H3,28,29,33,34,35). The highest BCUT2D eigenvalue weighted by Crippen LogP contribution is 2.36. The minimum atomic E-state index is -1.17. The molecule has 0 saturated carbocycles. The summed E-state index contributed by atoms with van der Waals surface area (Å²) in [5.41, 5.74) is -1.24. The molecule has 1 aromatic heterocycles. The predicted octanol–water partition coefficient (Wildman–Crippen LogP) is 2.01. The van der Waals surface area contributed by atoms with Gasteiger partial charge in [-0.2, -0.15) is 0 Å². The summed E-state index contributed by atoms with van der Waals surface area (Å²) in [5.74, 6) is -1.69. The van der Waals surface area contributed by atoms with E-state index in [4.69, 9.17) is 4.74 Å². The second-order valence-electron chi connectivity index (χ2n) is 7.83. The highest BCUT2D eigenvalue weighted by atomic mass is 32.2. The average Bonchev–Trinajstić information content (AvgIpc) is 3.18. The number of carbonyl (C=O) groups is 2. The molecule has 2 atom stereocenters. The van der Waals surface area contributed by atoms with Crippen molar-refractivity contribution in [2.75, 3.05) is 11.9 Å². The van der Waals surface area contributed by atoms with Gasteiger partial charge in [0.15, 0.2) is 5.17 Å². The van der Waals surface area contributed by atoms with Gasteiger partial charge in [-0.3, -0.25) is 24.4 Å². The molecular formula is C24H22FN5O6S. The van der Waals surface area contributed by atoms with Crippen molar-refractivity contribution >= 4 is 34.4 Å². The van der Waals surface area contributed by atoms with E-state index in [1.165, 1.54) is 24.3 Å². The third-order valence-corrected chi connectivity index (χ3v) is 6.36. The van der Waals surface area contributed by atoms with E-state index in [-0.39, 0.29) is 17.2 Å². The summed E-state index contributed by atoms with van der Waals surface area (Å²) in [4.78, 5) is 58.0. The highest BCUT2D eigenvalue weighted by Gasteiger charge is 2.34. The highest BCUT2D eigenvalue weighted by molar-refractivity contribution is 8.15. The predicted molar refractivity (Wildman–Crippen MR) is 135 cm³/mol. The van der Waals surface area contributed by atoms with E-state index in [0.717, 1.165) is 11.8 Å². The van der Waals surface area contributed by atoms with Crippen LogP contribution in [-0.2, 0) is 9.59 Å². The van der Waals surface area contributed by atoms with Crippen molar-refractivity contribution in [1.82, 2.24) is 15.3 Å². The molecule has 0 spiro atoms. The first-order chi connectivity index (χ1) is 17.7. The lowest BCUT2D eigenvalue weighted by Crippen LogP contribution is -2.29. The Labute approximate surface area is 213 Å². The Balaban J connectivity index is 1.63. The first kappa shape index (κ1) is 25.7. The Morgan fingerprint density at radius 3 is 2.59 bits per heavy atom. The maximum atomic E-state index is 13.1. The first-order valence-electron chi connectivity index (χ1n) is 11.1. The Morgan fingerprint density at radius 1 is 1.16 bits per heavy atom. The summed E-state index contributed by atoms with van der Waals surface area (Å²) < 4.78 is 18.7. The number of aromatic nitrogens is 2. The number of amides is 2. The fourth-order valence-electron chi connectivity index (χ4n) is 3.65. The number of para-hydroxylation sites is 1. The number of halogens is 1. The van der Waals surface area contributed by atoms with Crippen molar-refractivity contribution in [1.29, 1.82) is 0 Å². The molecule has 5 N–H and O–H groups in total. The third-order valence-electron chi connectivity index (χ3n) is 5.27. The van der Waals surface area contributed by atoms with Crippen LogP contribution in [0.2, 0.25) is 0 Å². The fourth-order valence-corrected chi connectivity index (χ4v) is 4.65. The number of nitrogens with one attached hydrogen (secondary N) is 4. The van der Waals surface area contributed by atoms with Gasteiger partial charge in [0.1, 0.15) is 28.4 Å². The molecule has 3 aromatic rings. The minimum absolute atomic E-state index is 0.103. The summed E-state index contributed by atoms with van der Waals surface area (Å²) in [7, 11) is 0. The van der Waals surface area contributed by atoms with E-state index in [9.17, 15) is 28.7 Å². The van der Waals surface area contributed by atoms with Gasteiger partial charge in [-0.15, -0.1) is 0 Å². The molecule has 0 aliphatic carbocycles. The molecule has 11 nitrogen and oxygen atoms in total. The van der Waals surface area contributed by atoms with Crippen molar-refractivity contribution in [3.05, 3.63) is 86.3 Å². The molecule has 0 radical (unpaired) electrons. The van der Waals surface area contributed by atoms with Crippen LogP contribution in [0.1, 0.15) is 30.5 Å². The van der Waals surface area contributed by atoms with Gasteiger partial charge < -0.3 is 20.5 Å². The van der Waals surface area contributed by atoms with E-state index in [1.54, 1.807) is 31.2 Å². The molecule has 1 fully saturated rings. The number of aromatic amines is 2. The lowest BCUT2D eigenvalue weighted by Gasteiger charge is -2.18. The van der Waals surface area contributed by atoms with Gasteiger partial charge in [0.2, 0.25) is 17.7 Å². The molecular weight excluding hydrogens is 505 g/mol. The molecule has 192 valence electrons. The normalized spacial score (nSPS) is 16.9. The van der Waals surface area contributed by atoms with Crippen LogP contribution in [-0.4, -0.2) is 43.9 Å². The zero-order chi connectivity index (χ0) is 26.5. The number of thioether (sulfide) groups is 1. The van der Waals surface area contributed by atoms with Crippen molar-refractivity contribution in [2.24, 2.45) is 4.99 Å². The topological polar surface area (TPSA) is 166 Å². The monoisotopic (exact) mass is 527 g/mol. The largest absolute Gasteiger partial charge is 0.494 e. The SMILES string of the molecule is CCOc1ccccc1C(N=C1NC(=O)C(CC(=O)Nc2ccc(F)cc2)S1)c1c(O)[nH]c(=O)[nH]c1=O. The van der Waals surface area contributed by atoms with Crippen molar-refractivity contribution in [3.63, 3.8) is 0 Å². The number of nitrogens with zero attached hydrogens (tertiary/aromatic N) is 1. The molecule has 4 rings (SSSR count). The van der Waals surface area contributed by atoms with Crippen LogP contribution in [0.15, 0.2) is 63.1 Å². The van der Waals surface area contributed by atoms with Crippen LogP contribution in [0.4, 0.5) is 10.1 Å². The molecule has 0 bridgehead atoms. The summed E-state index contributed by atoms with van der Waals surface area (Å²) >= 11 is 0.974. The number of ether oxygens (including phenoxy) is 1. The summed E-state index contributed by atoms with van der Waals surface area (Å²) in [5, 5.41) is 14.9. The van der Waals surface area contributed by atoms with Crippen molar-refractivity contribution < 1.29 is 23.8 Å². The molecule has 1 aliphatic rings. The first-order valence-corrected chi connectivity index (χ1v) is 12.0. The number of rotatable bonds is 8. The summed E-state index contributed by atoms with van der Waals surface area (Å²) in [6.07, 6.45) is -0.197. The third kappa shape index (κ3) is 6.06. The van der Waals surface area contributed by atoms with Crippen LogP contribution in [0, 0.1) is 5.82 Å². The maximum Gasteiger partial charge on any atom is 0.328 e. The van der Waals surface area contributed by atoms with E-state index in [0.29, 0.717) is 23.6 Å². The lowest BCUT2D eigenvalue weighted by atomic mass is 10.00. The second kappa shape index (κ2) is 11.1. The fraction of sp³-hybridized carbons (Fsp3) is 0.208. The Kier molecular flexibility index (Phi) is 7.72. The number of H-pyrrole nitrogens is 2. The smallest absolute Gasteiger partial charge is 0.328 e. The minimum Gasteiger partial charge on any atom is -0.494 e. The number of hydrogen-bond donors (Lipinski definition) is 5. The number of anilines is 1. The van der Waals surface area contributed by atoms with Gasteiger partial charge >= 0.3 is 5.69 Å². The number of aromatic hydroxyl groups is 1. The molecule has 2 unspecified atom stereocenters. The van der Waals surface area contributed by atoms with Crippen LogP contribution in [0.3, 0.4) is 0 Å². The Bertz CT molecular complexity index is 1470. The number of amidine groups is 1. The van der Waals surface area contributed by atoms with E-state index in [2.05, 4.69) is 25.6 Å². The van der Waals surface area contributed by atoms with Crippen LogP contribution in [0.5, 0.6) is 11.6 Å². The molecule has 13 heteroatoms. The average molecular weight is 528 g/mol. The zero-order valence-electron chi connectivity index (χ0n) is 19.4. The van der Waals surface area contributed by atoms with Gasteiger partial charge in [-0.1, -0.05) is 30.0 Å². The Hall–Kier alpha value is -4.39. The molecule has 1 saturated heterocycles. The number of hydrogen-bond acceptors (Lipinski definition) is 8. The van der Waals surface area contributed by atoms with Gasteiger partial charge in [-0.25, -0.2) is 14.2 Å². The van der Waals surface area contributed by atoms with Crippen LogP contribution < -0.4 is 26.6 Å². The summed E-state index contributed by atoms with van der Waals surface area (Å²) in [6, 6.07) is 10.7. The molecule has 1 aliphatic heterocycles. The maximum absolute atomic E-state index is 13.1. The molecule has 2 heterocycles. The summed E-state index contributed by atoms with van der Waals surface area (Å²) in [6.45, 7) is 2.08. The number of carbonyl (C=O) groups excluding carboxylic acids is 2.